The quantitative estimate of drug-likeness (QED) is 0.690. The monoisotopic (exact) mass is 350 g/mol. The summed E-state index contributed by atoms with van der Waals surface area (Å²) in [5.41, 5.74) is 0.0427. The summed E-state index contributed by atoms with van der Waals surface area (Å²) in [5.74, 6) is 1.52. The van der Waals surface area contributed by atoms with Crippen molar-refractivity contribution in [3.63, 3.8) is 0 Å². The number of hydrogen-bond donors (Lipinski definition) is 0. The first kappa shape index (κ1) is 18.4. The summed E-state index contributed by atoms with van der Waals surface area (Å²) in [6.45, 7) is 5.14. The molecule has 2 atom stereocenters. The van der Waals surface area contributed by atoms with Crippen LogP contribution in [0.5, 0.6) is 5.88 Å². The van der Waals surface area contributed by atoms with E-state index in [1.165, 1.54) is 0 Å². The molecule has 0 saturated carbocycles. The van der Waals surface area contributed by atoms with Crippen LogP contribution in [-0.4, -0.2) is 81.6 Å². The van der Waals surface area contributed by atoms with Gasteiger partial charge in [-0.15, -0.1) is 0 Å². The average Bonchev–Trinajstić information content (AvgIpc) is 2.64. The van der Waals surface area contributed by atoms with Crippen molar-refractivity contribution in [2.24, 2.45) is 5.41 Å². The standard InChI is InChI=1S/C18H30N4O3/c1-21(2)8-10-24-13-18-6-4-9-25-15(18)5-7-22(12-18)16-11-17(23-3)20-14-19-16/h11,14-15H,4-10,12-13H2,1-3H3/t15-,18-/m1/s1. The molecule has 0 bridgehead atoms. The molecule has 0 aromatic carbocycles. The summed E-state index contributed by atoms with van der Waals surface area (Å²) in [6, 6.07) is 1.91. The minimum atomic E-state index is 0.0427. The van der Waals surface area contributed by atoms with Gasteiger partial charge in [0, 0.05) is 37.7 Å². The van der Waals surface area contributed by atoms with E-state index >= 15 is 0 Å². The lowest BCUT2D eigenvalue weighted by atomic mass is 9.73. The third-order valence-corrected chi connectivity index (χ3v) is 5.22. The van der Waals surface area contributed by atoms with Crippen LogP contribution in [-0.2, 0) is 9.47 Å². The van der Waals surface area contributed by atoms with Crippen LogP contribution >= 0.6 is 0 Å². The molecule has 1 aromatic rings. The van der Waals surface area contributed by atoms with Crippen LogP contribution in [0.25, 0.3) is 0 Å². The summed E-state index contributed by atoms with van der Waals surface area (Å²) in [6.07, 6.45) is 5.08. The van der Waals surface area contributed by atoms with Crippen LogP contribution in [0.2, 0.25) is 0 Å². The van der Waals surface area contributed by atoms with E-state index in [0.717, 1.165) is 64.5 Å². The molecule has 2 aliphatic heterocycles. The second-order valence-electron chi connectivity index (χ2n) is 7.31. The normalized spacial score (nSPS) is 26.6. The zero-order valence-electron chi connectivity index (χ0n) is 15.6. The van der Waals surface area contributed by atoms with Crippen LogP contribution < -0.4 is 9.64 Å². The molecule has 7 nitrogen and oxygen atoms in total. The van der Waals surface area contributed by atoms with Crippen LogP contribution in [0.15, 0.2) is 12.4 Å². The third-order valence-electron chi connectivity index (χ3n) is 5.22. The fraction of sp³-hybridized carbons (Fsp3) is 0.778. The maximum absolute atomic E-state index is 6.12. The molecule has 7 heteroatoms. The number of likely N-dealkylation sites (N-methyl/N-ethyl adjacent to an activating group) is 1. The Morgan fingerprint density at radius 1 is 1.40 bits per heavy atom. The molecule has 0 amide bonds. The second-order valence-corrected chi connectivity index (χ2v) is 7.31. The van der Waals surface area contributed by atoms with Crippen LogP contribution in [0.3, 0.4) is 0 Å². The lowest BCUT2D eigenvalue weighted by Crippen LogP contribution is -2.57. The van der Waals surface area contributed by atoms with Gasteiger partial charge in [0.15, 0.2) is 0 Å². The van der Waals surface area contributed by atoms with Crippen molar-refractivity contribution < 1.29 is 14.2 Å². The largest absolute Gasteiger partial charge is 0.481 e. The van der Waals surface area contributed by atoms with E-state index in [9.17, 15) is 0 Å². The molecule has 2 saturated heterocycles. The van der Waals surface area contributed by atoms with E-state index in [4.69, 9.17) is 14.2 Å². The molecule has 0 unspecified atom stereocenters. The number of nitrogens with zero attached hydrogens (tertiary/aromatic N) is 4. The zero-order chi connectivity index (χ0) is 17.7. The van der Waals surface area contributed by atoms with Gasteiger partial charge in [0.1, 0.15) is 12.1 Å². The Bertz CT molecular complexity index is 557. The van der Waals surface area contributed by atoms with Gasteiger partial charge >= 0.3 is 0 Å². The summed E-state index contributed by atoms with van der Waals surface area (Å²) in [5, 5.41) is 0. The number of piperidine rings is 1. The number of anilines is 1. The Morgan fingerprint density at radius 2 is 2.28 bits per heavy atom. The van der Waals surface area contributed by atoms with Gasteiger partial charge in [-0.2, -0.15) is 0 Å². The van der Waals surface area contributed by atoms with Crippen LogP contribution in [0, 0.1) is 5.41 Å². The van der Waals surface area contributed by atoms with E-state index in [1.807, 2.05) is 6.07 Å². The highest BCUT2D eigenvalue weighted by Gasteiger charge is 2.46. The minimum absolute atomic E-state index is 0.0427. The maximum atomic E-state index is 6.12. The van der Waals surface area contributed by atoms with E-state index in [-0.39, 0.29) is 11.5 Å². The van der Waals surface area contributed by atoms with Crippen molar-refractivity contribution in [1.29, 1.82) is 0 Å². The highest BCUT2D eigenvalue weighted by Crippen LogP contribution is 2.41. The molecule has 140 valence electrons. The second kappa shape index (κ2) is 8.29. The minimum Gasteiger partial charge on any atom is -0.481 e. The van der Waals surface area contributed by atoms with Gasteiger partial charge in [0.05, 0.1) is 26.4 Å². The average molecular weight is 350 g/mol. The lowest BCUT2D eigenvalue weighted by molar-refractivity contribution is -0.125. The number of rotatable bonds is 7. The van der Waals surface area contributed by atoms with E-state index in [1.54, 1.807) is 13.4 Å². The van der Waals surface area contributed by atoms with Crippen molar-refractivity contribution in [2.45, 2.75) is 25.4 Å². The van der Waals surface area contributed by atoms with Gasteiger partial charge in [-0.25, -0.2) is 9.97 Å². The lowest BCUT2D eigenvalue weighted by Gasteiger charge is -2.50. The fourth-order valence-electron chi connectivity index (χ4n) is 3.83. The highest BCUT2D eigenvalue weighted by atomic mass is 16.5. The number of hydrogen-bond acceptors (Lipinski definition) is 7. The van der Waals surface area contributed by atoms with Crippen molar-refractivity contribution in [3.05, 3.63) is 12.4 Å². The molecule has 0 N–H and O–H groups in total. The first-order valence-electron chi connectivity index (χ1n) is 9.08. The highest BCUT2D eigenvalue weighted by molar-refractivity contribution is 5.42. The molecule has 3 heterocycles. The van der Waals surface area contributed by atoms with Crippen molar-refractivity contribution in [3.8, 4) is 5.88 Å². The molecular formula is C18H30N4O3. The summed E-state index contributed by atoms with van der Waals surface area (Å²) in [7, 11) is 5.77. The van der Waals surface area contributed by atoms with Crippen molar-refractivity contribution >= 4 is 5.82 Å². The summed E-state index contributed by atoms with van der Waals surface area (Å²) >= 11 is 0. The molecule has 0 radical (unpaired) electrons. The molecule has 0 spiro atoms. The molecule has 3 rings (SSSR count). The van der Waals surface area contributed by atoms with Crippen molar-refractivity contribution in [1.82, 2.24) is 14.9 Å². The predicted octanol–water partition coefficient (Wildman–Crippen LogP) is 1.44. The van der Waals surface area contributed by atoms with Crippen molar-refractivity contribution in [2.75, 3.05) is 65.6 Å². The topological polar surface area (TPSA) is 60.0 Å². The van der Waals surface area contributed by atoms with E-state index in [2.05, 4.69) is 33.9 Å². The number of aromatic nitrogens is 2. The van der Waals surface area contributed by atoms with Crippen LogP contribution in [0.4, 0.5) is 5.82 Å². The van der Waals surface area contributed by atoms with Gasteiger partial charge in [0.2, 0.25) is 5.88 Å². The Labute approximate surface area is 150 Å². The molecule has 1 aromatic heterocycles. The Balaban J connectivity index is 1.70. The van der Waals surface area contributed by atoms with E-state index < -0.39 is 0 Å². The molecule has 25 heavy (non-hydrogen) atoms. The smallest absolute Gasteiger partial charge is 0.218 e. The van der Waals surface area contributed by atoms with Gasteiger partial charge < -0.3 is 24.0 Å². The van der Waals surface area contributed by atoms with Crippen LogP contribution in [0.1, 0.15) is 19.3 Å². The third kappa shape index (κ3) is 4.40. The first-order valence-corrected chi connectivity index (χ1v) is 9.08. The number of ether oxygens (including phenoxy) is 3. The molecule has 0 aliphatic carbocycles. The predicted molar refractivity (Wildman–Crippen MR) is 96.2 cm³/mol. The molecular weight excluding hydrogens is 320 g/mol. The Kier molecular flexibility index (Phi) is 6.09. The van der Waals surface area contributed by atoms with Gasteiger partial charge in [-0.1, -0.05) is 0 Å². The summed E-state index contributed by atoms with van der Waals surface area (Å²) < 4.78 is 17.4. The first-order chi connectivity index (χ1) is 12.1. The maximum Gasteiger partial charge on any atom is 0.218 e. The number of methoxy groups -OCH3 is 1. The Morgan fingerprint density at radius 3 is 3.08 bits per heavy atom. The SMILES string of the molecule is COc1cc(N2CC[C@H]3OCCC[C@]3(COCCN(C)C)C2)ncn1. The molecule has 2 aliphatic rings. The van der Waals surface area contributed by atoms with Gasteiger partial charge in [0.25, 0.3) is 0 Å². The van der Waals surface area contributed by atoms with Gasteiger partial charge in [-0.3, -0.25) is 0 Å². The Hall–Kier alpha value is -1.44. The summed E-state index contributed by atoms with van der Waals surface area (Å²) in [4.78, 5) is 13.0. The fourth-order valence-corrected chi connectivity index (χ4v) is 3.83. The van der Waals surface area contributed by atoms with E-state index in [0.29, 0.717) is 5.88 Å². The van der Waals surface area contributed by atoms with Gasteiger partial charge in [-0.05, 0) is 33.4 Å². The number of fused-ring (bicyclic) bond motifs is 1. The zero-order valence-corrected chi connectivity index (χ0v) is 15.6. The molecule has 2 fully saturated rings.